The minimum atomic E-state index is 0. The van der Waals surface area contributed by atoms with Gasteiger partial charge in [0.15, 0.2) is 5.96 Å². The number of halogens is 1. The summed E-state index contributed by atoms with van der Waals surface area (Å²) in [7, 11) is 0. The van der Waals surface area contributed by atoms with E-state index in [9.17, 15) is 0 Å². The molecule has 1 aromatic rings. The maximum atomic E-state index is 5.53. The molecular weight excluding hydrogens is 403 g/mol. The van der Waals surface area contributed by atoms with Crippen molar-refractivity contribution >= 4 is 29.9 Å². The van der Waals surface area contributed by atoms with Gasteiger partial charge in [0.05, 0.1) is 13.2 Å². The average molecular weight is 434 g/mol. The van der Waals surface area contributed by atoms with Gasteiger partial charge >= 0.3 is 0 Å². The Morgan fingerprint density at radius 1 is 1.30 bits per heavy atom. The van der Waals surface area contributed by atoms with Gasteiger partial charge in [-0.1, -0.05) is 19.9 Å². The van der Waals surface area contributed by atoms with Crippen molar-refractivity contribution in [2.75, 3.05) is 19.7 Å². The molecule has 0 atom stereocenters. The maximum Gasteiger partial charge on any atom is 0.218 e. The fourth-order valence-electron chi connectivity index (χ4n) is 2.03. The van der Waals surface area contributed by atoms with Gasteiger partial charge in [-0.05, 0) is 38.7 Å². The van der Waals surface area contributed by atoms with Crippen molar-refractivity contribution in [1.29, 1.82) is 0 Å². The second-order valence-electron chi connectivity index (χ2n) is 5.56. The first kappa shape index (κ1) is 21.9. The molecule has 0 aromatic carbocycles. The summed E-state index contributed by atoms with van der Waals surface area (Å²) in [5.74, 6) is 2.26. The molecule has 0 bridgehead atoms. The first-order chi connectivity index (χ1) is 10.7. The lowest BCUT2D eigenvalue weighted by atomic mass is 10.1. The number of aliphatic imine (C=N–C) groups is 1. The molecule has 0 amide bonds. The molecule has 0 aliphatic rings. The van der Waals surface area contributed by atoms with Crippen LogP contribution in [0.5, 0.6) is 5.88 Å². The second kappa shape index (κ2) is 13.4. The SMILES string of the molecule is CCNC(=NCc1cccnc1OCC)NCCCC(C)C.I. The summed E-state index contributed by atoms with van der Waals surface area (Å²) in [6.07, 6.45) is 4.12. The molecule has 0 fully saturated rings. The summed E-state index contributed by atoms with van der Waals surface area (Å²) in [6.45, 7) is 11.5. The Bertz CT molecular complexity index is 452. The number of nitrogens with one attached hydrogen (secondary N) is 2. The lowest BCUT2D eigenvalue weighted by Gasteiger charge is -2.12. The third-order valence-electron chi connectivity index (χ3n) is 3.13. The van der Waals surface area contributed by atoms with Crippen LogP contribution in [0.1, 0.15) is 46.1 Å². The number of aromatic nitrogens is 1. The molecule has 1 heterocycles. The molecule has 0 unspecified atom stereocenters. The quantitative estimate of drug-likeness (QED) is 0.270. The van der Waals surface area contributed by atoms with Crippen molar-refractivity contribution in [1.82, 2.24) is 15.6 Å². The highest BCUT2D eigenvalue weighted by Gasteiger charge is 2.04. The Hall–Kier alpha value is -1.05. The van der Waals surface area contributed by atoms with Crippen LogP contribution < -0.4 is 15.4 Å². The van der Waals surface area contributed by atoms with Crippen LogP contribution in [0, 0.1) is 5.92 Å². The molecule has 132 valence electrons. The number of ether oxygens (including phenoxy) is 1. The monoisotopic (exact) mass is 434 g/mol. The van der Waals surface area contributed by atoms with Gasteiger partial charge in [0.1, 0.15) is 0 Å². The molecular formula is C17H31IN4O. The smallest absolute Gasteiger partial charge is 0.218 e. The van der Waals surface area contributed by atoms with Gasteiger partial charge in [-0.25, -0.2) is 9.98 Å². The van der Waals surface area contributed by atoms with E-state index in [1.807, 2.05) is 19.1 Å². The molecule has 1 rings (SSSR count). The first-order valence-corrected chi connectivity index (χ1v) is 8.26. The Balaban J connectivity index is 0.00000484. The normalized spacial score (nSPS) is 11.1. The zero-order chi connectivity index (χ0) is 16.2. The second-order valence-corrected chi connectivity index (χ2v) is 5.56. The highest BCUT2D eigenvalue weighted by atomic mass is 127. The molecule has 2 N–H and O–H groups in total. The molecule has 0 radical (unpaired) electrons. The van der Waals surface area contributed by atoms with Gasteiger partial charge in [-0.15, -0.1) is 24.0 Å². The predicted molar refractivity (Wildman–Crippen MR) is 108 cm³/mol. The van der Waals surface area contributed by atoms with E-state index in [0.29, 0.717) is 19.0 Å². The molecule has 0 aliphatic heterocycles. The molecule has 0 saturated heterocycles. The fraction of sp³-hybridized carbons (Fsp3) is 0.647. The summed E-state index contributed by atoms with van der Waals surface area (Å²) < 4.78 is 5.53. The van der Waals surface area contributed by atoms with E-state index in [1.165, 1.54) is 6.42 Å². The standard InChI is InChI=1S/C17H30N4O.HI/c1-5-18-17(20-12-7-9-14(3)4)21-13-15-10-8-11-19-16(15)22-6-2;/h8,10-11,14H,5-7,9,12-13H2,1-4H3,(H2,18,20,21);1H. The molecule has 1 aromatic heterocycles. The molecule has 6 heteroatoms. The first-order valence-electron chi connectivity index (χ1n) is 8.26. The van der Waals surface area contributed by atoms with E-state index >= 15 is 0 Å². The number of nitrogens with zero attached hydrogens (tertiary/aromatic N) is 2. The van der Waals surface area contributed by atoms with E-state index in [2.05, 4.69) is 41.4 Å². The molecule has 0 saturated carbocycles. The van der Waals surface area contributed by atoms with Gasteiger partial charge in [0, 0.05) is 24.8 Å². The average Bonchev–Trinajstić information content (AvgIpc) is 2.50. The van der Waals surface area contributed by atoms with Gasteiger partial charge in [0.2, 0.25) is 5.88 Å². The number of rotatable bonds is 9. The summed E-state index contributed by atoms with van der Waals surface area (Å²) in [5, 5.41) is 6.65. The number of hydrogen-bond donors (Lipinski definition) is 2. The van der Waals surface area contributed by atoms with E-state index in [0.717, 1.165) is 37.0 Å². The summed E-state index contributed by atoms with van der Waals surface area (Å²) in [4.78, 5) is 8.87. The third kappa shape index (κ3) is 9.63. The molecule has 0 spiro atoms. The van der Waals surface area contributed by atoms with Crippen LogP contribution in [0.4, 0.5) is 0 Å². The largest absolute Gasteiger partial charge is 0.478 e. The van der Waals surface area contributed by atoms with Crippen molar-refractivity contribution < 1.29 is 4.74 Å². The van der Waals surface area contributed by atoms with Crippen LogP contribution in [0.15, 0.2) is 23.3 Å². The summed E-state index contributed by atoms with van der Waals surface area (Å²) in [6, 6.07) is 3.92. The van der Waals surface area contributed by atoms with Crippen LogP contribution in [-0.4, -0.2) is 30.6 Å². The van der Waals surface area contributed by atoms with Crippen LogP contribution in [0.2, 0.25) is 0 Å². The fourth-order valence-corrected chi connectivity index (χ4v) is 2.03. The van der Waals surface area contributed by atoms with Crippen molar-refractivity contribution in [3.05, 3.63) is 23.9 Å². The molecule has 23 heavy (non-hydrogen) atoms. The molecule has 0 aliphatic carbocycles. The van der Waals surface area contributed by atoms with Crippen LogP contribution >= 0.6 is 24.0 Å². The van der Waals surface area contributed by atoms with E-state index in [4.69, 9.17) is 4.74 Å². The third-order valence-corrected chi connectivity index (χ3v) is 3.13. The zero-order valence-electron chi connectivity index (χ0n) is 14.8. The van der Waals surface area contributed by atoms with Crippen LogP contribution in [-0.2, 0) is 6.54 Å². The summed E-state index contributed by atoms with van der Waals surface area (Å²) in [5.41, 5.74) is 1.00. The van der Waals surface area contributed by atoms with E-state index in [1.54, 1.807) is 6.20 Å². The highest BCUT2D eigenvalue weighted by Crippen LogP contribution is 2.15. The molecule has 5 nitrogen and oxygen atoms in total. The Labute approximate surface area is 157 Å². The number of guanidine groups is 1. The van der Waals surface area contributed by atoms with Crippen LogP contribution in [0.3, 0.4) is 0 Å². The van der Waals surface area contributed by atoms with E-state index < -0.39 is 0 Å². The minimum absolute atomic E-state index is 0. The van der Waals surface area contributed by atoms with Gasteiger partial charge < -0.3 is 15.4 Å². The van der Waals surface area contributed by atoms with Gasteiger partial charge in [-0.2, -0.15) is 0 Å². The number of pyridine rings is 1. The van der Waals surface area contributed by atoms with E-state index in [-0.39, 0.29) is 24.0 Å². The van der Waals surface area contributed by atoms with Crippen molar-refractivity contribution in [3.63, 3.8) is 0 Å². The Morgan fingerprint density at radius 3 is 2.74 bits per heavy atom. The Kier molecular flexibility index (Phi) is 12.8. The lowest BCUT2D eigenvalue weighted by molar-refractivity contribution is 0.323. The van der Waals surface area contributed by atoms with Gasteiger partial charge in [0.25, 0.3) is 0 Å². The topological polar surface area (TPSA) is 58.5 Å². The number of hydrogen-bond acceptors (Lipinski definition) is 3. The minimum Gasteiger partial charge on any atom is -0.478 e. The van der Waals surface area contributed by atoms with Crippen LogP contribution in [0.25, 0.3) is 0 Å². The van der Waals surface area contributed by atoms with Crippen molar-refractivity contribution in [3.8, 4) is 5.88 Å². The predicted octanol–water partition coefficient (Wildman–Crippen LogP) is 3.59. The summed E-state index contributed by atoms with van der Waals surface area (Å²) >= 11 is 0. The highest BCUT2D eigenvalue weighted by molar-refractivity contribution is 14.0. The Morgan fingerprint density at radius 2 is 2.09 bits per heavy atom. The van der Waals surface area contributed by atoms with Gasteiger partial charge in [-0.3, -0.25) is 0 Å². The van der Waals surface area contributed by atoms with Crippen molar-refractivity contribution in [2.24, 2.45) is 10.9 Å². The maximum absolute atomic E-state index is 5.53. The van der Waals surface area contributed by atoms with Crippen molar-refractivity contribution in [2.45, 2.75) is 47.1 Å². The zero-order valence-corrected chi connectivity index (χ0v) is 17.1. The lowest BCUT2D eigenvalue weighted by Crippen LogP contribution is -2.37.